The molecule has 1 atom stereocenters. The number of methoxy groups -OCH3 is 1. The molecule has 0 spiro atoms. The molecule has 2 N–H and O–H groups in total. The molecule has 0 radical (unpaired) electrons. The number of thiocarbonyl (C=S) groups is 1. The first-order valence-electron chi connectivity index (χ1n) is 3.71. The standard InChI is InChI=1S/C7H12N2O2S/c1-7(3-4-11-2)5(10)8-6(12)9-7/h3-4H2,1-2H3,(H2,8,9,10,12). The minimum absolute atomic E-state index is 0.0791. The van der Waals surface area contributed by atoms with Gasteiger partial charge in [0.1, 0.15) is 5.54 Å². The summed E-state index contributed by atoms with van der Waals surface area (Å²) in [5.41, 5.74) is -0.590. The average molecular weight is 188 g/mol. The number of nitrogens with one attached hydrogen (secondary N) is 2. The molecule has 12 heavy (non-hydrogen) atoms. The van der Waals surface area contributed by atoms with Crippen LogP contribution >= 0.6 is 12.2 Å². The van der Waals surface area contributed by atoms with Crippen molar-refractivity contribution in [1.29, 1.82) is 0 Å². The van der Waals surface area contributed by atoms with E-state index in [-0.39, 0.29) is 5.91 Å². The van der Waals surface area contributed by atoms with Gasteiger partial charge in [-0.3, -0.25) is 4.79 Å². The van der Waals surface area contributed by atoms with Crippen LogP contribution in [-0.4, -0.2) is 30.3 Å². The first-order chi connectivity index (χ1) is 5.58. The van der Waals surface area contributed by atoms with Gasteiger partial charge in [-0.25, -0.2) is 0 Å². The van der Waals surface area contributed by atoms with Crippen LogP contribution in [0.4, 0.5) is 0 Å². The number of carbonyl (C=O) groups excluding carboxylic acids is 1. The summed E-state index contributed by atoms with van der Waals surface area (Å²) in [4.78, 5) is 11.3. The zero-order valence-electron chi connectivity index (χ0n) is 7.14. The lowest BCUT2D eigenvalue weighted by molar-refractivity contribution is -0.123. The normalized spacial score (nSPS) is 28.5. The number of hydrogen-bond acceptors (Lipinski definition) is 3. The molecule has 1 rings (SSSR count). The quantitative estimate of drug-likeness (QED) is 0.602. The fourth-order valence-corrected chi connectivity index (χ4v) is 1.38. The molecule has 0 aliphatic carbocycles. The number of amides is 1. The van der Waals surface area contributed by atoms with Gasteiger partial charge in [0, 0.05) is 20.1 Å². The number of rotatable bonds is 3. The Bertz CT molecular complexity index is 219. The maximum absolute atomic E-state index is 11.3. The van der Waals surface area contributed by atoms with Crippen LogP contribution in [0.15, 0.2) is 0 Å². The average Bonchev–Trinajstić information content (AvgIpc) is 2.23. The summed E-state index contributed by atoms with van der Waals surface area (Å²) in [7, 11) is 1.61. The summed E-state index contributed by atoms with van der Waals surface area (Å²) < 4.78 is 4.89. The van der Waals surface area contributed by atoms with Crippen LogP contribution in [-0.2, 0) is 9.53 Å². The zero-order valence-corrected chi connectivity index (χ0v) is 7.96. The number of carbonyl (C=O) groups is 1. The van der Waals surface area contributed by atoms with Crippen molar-refractivity contribution in [3.8, 4) is 0 Å². The van der Waals surface area contributed by atoms with E-state index in [2.05, 4.69) is 10.6 Å². The molecule has 1 aliphatic heterocycles. The van der Waals surface area contributed by atoms with E-state index in [1.165, 1.54) is 0 Å². The Balaban J connectivity index is 2.58. The second kappa shape index (κ2) is 3.37. The summed E-state index contributed by atoms with van der Waals surface area (Å²) in [6.07, 6.45) is 0.621. The Labute approximate surface area is 76.7 Å². The minimum Gasteiger partial charge on any atom is -0.385 e. The highest BCUT2D eigenvalue weighted by Gasteiger charge is 2.39. The van der Waals surface area contributed by atoms with E-state index in [4.69, 9.17) is 17.0 Å². The van der Waals surface area contributed by atoms with Gasteiger partial charge in [-0.05, 0) is 19.1 Å². The summed E-state index contributed by atoms with van der Waals surface area (Å²) >= 11 is 4.81. The number of ether oxygens (including phenoxy) is 1. The van der Waals surface area contributed by atoms with Crippen molar-refractivity contribution in [2.24, 2.45) is 0 Å². The second-order valence-corrected chi connectivity index (χ2v) is 3.39. The van der Waals surface area contributed by atoms with E-state index in [9.17, 15) is 4.79 Å². The third-order valence-electron chi connectivity index (χ3n) is 1.92. The third kappa shape index (κ3) is 1.73. The molecule has 1 saturated heterocycles. The van der Waals surface area contributed by atoms with Gasteiger partial charge in [0.05, 0.1) is 0 Å². The Morgan fingerprint density at radius 3 is 2.75 bits per heavy atom. The molecular weight excluding hydrogens is 176 g/mol. The Hall–Kier alpha value is -0.680. The van der Waals surface area contributed by atoms with Crippen LogP contribution in [0.3, 0.4) is 0 Å². The van der Waals surface area contributed by atoms with Crippen molar-refractivity contribution < 1.29 is 9.53 Å². The smallest absolute Gasteiger partial charge is 0.251 e. The van der Waals surface area contributed by atoms with Crippen LogP contribution in [0.5, 0.6) is 0 Å². The fourth-order valence-electron chi connectivity index (χ4n) is 1.06. The second-order valence-electron chi connectivity index (χ2n) is 2.98. The van der Waals surface area contributed by atoms with E-state index in [0.717, 1.165) is 0 Å². The molecule has 1 unspecified atom stereocenters. The minimum atomic E-state index is -0.590. The van der Waals surface area contributed by atoms with Crippen molar-refractivity contribution in [3.05, 3.63) is 0 Å². The SMILES string of the molecule is COCCC1(C)NC(=S)NC1=O. The molecule has 0 saturated carbocycles. The van der Waals surface area contributed by atoms with Gasteiger partial charge in [0.2, 0.25) is 0 Å². The lowest BCUT2D eigenvalue weighted by atomic mass is 9.99. The fraction of sp³-hybridized carbons (Fsp3) is 0.714. The lowest BCUT2D eigenvalue weighted by Crippen LogP contribution is -2.44. The highest BCUT2D eigenvalue weighted by molar-refractivity contribution is 7.80. The van der Waals surface area contributed by atoms with Gasteiger partial charge in [-0.2, -0.15) is 0 Å². The van der Waals surface area contributed by atoms with Crippen molar-refractivity contribution in [3.63, 3.8) is 0 Å². The predicted molar refractivity (Wildman–Crippen MR) is 48.8 cm³/mol. The van der Waals surface area contributed by atoms with Gasteiger partial charge >= 0.3 is 0 Å². The Kier molecular flexibility index (Phi) is 2.64. The maximum atomic E-state index is 11.3. The largest absolute Gasteiger partial charge is 0.385 e. The Morgan fingerprint density at radius 1 is 1.67 bits per heavy atom. The Morgan fingerprint density at radius 2 is 2.33 bits per heavy atom. The first kappa shape index (κ1) is 9.41. The summed E-state index contributed by atoms with van der Waals surface area (Å²) in [6, 6.07) is 0. The third-order valence-corrected chi connectivity index (χ3v) is 2.13. The number of hydrogen-bond donors (Lipinski definition) is 2. The first-order valence-corrected chi connectivity index (χ1v) is 4.12. The molecule has 0 aromatic heterocycles. The van der Waals surface area contributed by atoms with Gasteiger partial charge in [-0.1, -0.05) is 0 Å². The van der Waals surface area contributed by atoms with Crippen molar-refractivity contribution in [1.82, 2.24) is 10.6 Å². The highest BCUT2D eigenvalue weighted by atomic mass is 32.1. The van der Waals surface area contributed by atoms with E-state index in [1.54, 1.807) is 14.0 Å². The topological polar surface area (TPSA) is 50.4 Å². The van der Waals surface area contributed by atoms with E-state index >= 15 is 0 Å². The maximum Gasteiger partial charge on any atom is 0.251 e. The molecule has 4 nitrogen and oxygen atoms in total. The van der Waals surface area contributed by atoms with E-state index in [1.807, 2.05) is 0 Å². The van der Waals surface area contributed by atoms with Gasteiger partial charge in [-0.15, -0.1) is 0 Å². The van der Waals surface area contributed by atoms with E-state index < -0.39 is 5.54 Å². The van der Waals surface area contributed by atoms with Crippen LogP contribution < -0.4 is 10.6 Å². The molecule has 0 aromatic carbocycles. The zero-order chi connectivity index (χ0) is 9.19. The van der Waals surface area contributed by atoms with Gasteiger partial charge in [0.25, 0.3) is 5.91 Å². The monoisotopic (exact) mass is 188 g/mol. The van der Waals surface area contributed by atoms with Crippen LogP contribution in [0.1, 0.15) is 13.3 Å². The molecule has 0 aromatic rings. The molecule has 1 amide bonds. The molecule has 1 fully saturated rings. The predicted octanol–water partition coefficient (Wildman–Crippen LogP) is -0.214. The van der Waals surface area contributed by atoms with Crippen LogP contribution in [0.2, 0.25) is 0 Å². The molecule has 1 aliphatic rings. The van der Waals surface area contributed by atoms with Crippen LogP contribution in [0.25, 0.3) is 0 Å². The van der Waals surface area contributed by atoms with Crippen LogP contribution in [0, 0.1) is 0 Å². The summed E-state index contributed by atoms with van der Waals surface area (Å²) in [5, 5.41) is 5.85. The highest BCUT2D eigenvalue weighted by Crippen LogP contribution is 2.13. The molecular formula is C7H12N2O2S. The lowest BCUT2D eigenvalue weighted by Gasteiger charge is -2.19. The van der Waals surface area contributed by atoms with Crippen molar-refractivity contribution >= 4 is 23.2 Å². The molecule has 68 valence electrons. The van der Waals surface area contributed by atoms with Gasteiger partial charge < -0.3 is 15.4 Å². The summed E-state index contributed by atoms with van der Waals surface area (Å²) in [6.45, 7) is 2.35. The van der Waals surface area contributed by atoms with Gasteiger partial charge in [0.15, 0.2) is 5.11 Å². The molecule has 0 bridgehead atoms. The molecule has 1 heterocycles. The molecule has 5 heteroatoms. The van der Waals surface area contributed by atoms with Crippen molar-refractivity contribution in [2.45, 2.75) is 18.9 Å². The summed E-state index contributed by atoms with van der Waals surface area (Å²) in [5.74, 6) is -0.0791. The van der Waals surface area contributed by atoms with Crippen molar-refractivity contribution in [2.75, 3.05) is 13.7 Å². The van der Waals surface area contributed by atoms with E-state index in [0.29, 0.717) is 18.1 Å².